The standard InChI is InChI=1S/C18H25N3/c1-2-13-7-3-4-10-15(13)18(21-19)16-11-5-8-14-9-6-12-20-17(14)16/h5-6,8-9,11-13,15,18,21H,2-4,7,10,19H2,1H3. The quantitative estimate of drug-likeness (QED) is 0.659. The van der Waals surface area contributed by atoms with Gasteiger partial charge in [-0.15, -0.1) is 0 Å². The summed E-state index contributed by atoms with van der Waals surface area (Å²) in [6.45, 7) is 2.30. The Kier molecular flexibility index (Phi) is 4.51. The fourth-order valence-corrected chi connectivity index (χ4v) is 4.00. The van der Waals surface area contributed by atoms with Gasteiger partial charge in [-0.25, -0.2) is 0 Å². The van der Waals surface area contributed by atoms with Crippen LogP contribution in [0, 0.1) is 11.8 Å². The molecule has 1 aliphatic carbocycles. The van der Waals surface area contributed by atoms with Crippen LogP contribution < -0.4 is 11.3 Å². The van der Waals surface area contributed by atoms with E-state index in [2.05, 4.69) is 41.6 Å². The minimum atomic E-state index is 0.203. The van der Waals surface area contributed by atoms with Gasteiger partial charge in [-0.2, -0.15) is 0 Å². The van der Waals surface area contributed by atoms with Crippen molar-refractivity contribution in [2.24, 2.45) is 17.7 Å². The molecule has 3 N–H and O–H groups in total. The number of fused-ring (bicyclic) bond motifs is 1. The van der Waals surface area contributed by atoms with Crippen molar-refractivity contribution in [3.05, 3.63) is 42.1 Å². The minimum absolute atomic E-state index is 0.203. The van der Waals surface area contributed by atoms with E-state index in [0.29, 0.717) is 5.92 Å². The van der Waals surface area contributed by atoms with Crippen LogP contribution in [0.1, 0.15) is 50.6 Å². The molecule has 1 aliphatic rings. The van der Waals surface area contributed by atoms with Crippen LogP contribution in [0.2, 0.25) is 0 Å². The van der Waals surface area contributed by atoms with E-state index in [-0.39, 0.29) is 6.04 Å². The second-order valence-electron chi connectivity index (χ2n) is 6.18. The van der Waals surface area contributed by atoms with E-state index in [1.165, 1.54) is 43.1 Å². The fourth-order valence-electron chi connectivity index (χ4n) is 4.00. The highest BCUT2D eigenvalue weighted by atomic mass is 15.2. The number of pyridine rings is 1. The predicted octanol–water partition coefficient (Wildman–Crippen LogP) is 3.96. The van der Waals surface area contributed by atoms with Gasteiger partial charge in [-0.3, -0.25) is 16.3 Å². The Hall–Kier alpha value is -1.45. The summed E-state index contributed by atoms with van der Waals surface area (Å²) in [4.78, 5) is 4.60. The van der Waals surface area contributed by atoms with Crippen molar-refractivity contribution in [3.63, 3.8) is 0 Å². The molecule has 3 heteroatoms. The highest BCUT2D eigenvalue weighted by Gasteiger charge is 2.32. The SMILES string of the molecule is CCC1CCCCC1C(NN)c1cccc2cccnc12. The van der Waals surface area contributed by atoms with Crippen molar-refractivity contribution < 1.29 is 0 Å². The van der Waals surface area contributed by atoms with E-state index < -0.39 is 0 Å². The van der Waals surface area contributed by atoms with Gasteiger partial charge in [-0.05, 0) is 29.9 Å². The Labute approximate surface area is 126 Å². The predicted molar refractivity (Wildman–Crippen MR) is 87.5 cm³/mol. The van der Waals surface area contributed by atoms with E-state index in [4.69, 9.17) is 5.84 Å². The molecule has 3 unspecified atom stereocenters. The van der Waals surface area contributed by atoms with E-state index in [1.54, 1.807) is 0 Å². The average Bonchev–Trinajstić information content (AvgIpc) is 2.56. The first-order valence-corrected chi connectivity index (χ1v) is 8.15. The van der Waals surface area contributed by atoms with Crippen molar-refractivity contribution in [2.75, 3.05) is 0 Å². The second-order valence-corrected chi connectivity index (χ2v) is 6.18. The van der Waals surface area contributed by atoms with Crippen LogP contribution in [0.5, 0.6) is 0 Å². The molecule has 112 valence electrons. The second kappa shape index (κ2) is 6.54. The lowest BCUT2D eigenvalue weighted by Crippen LogP contribution is -2.38. The summed E-state index contributed by atoms with van der Waals surface area (Å²) in [5.74, 6) is 7.34. The van der Waals surface area contributed by atoms with Crippen LogP contribution in [-0.4, -0.2) is 4.98 Å². The smallest absolute Gasteiger partial charge is 0.0750 e. The van der Waals surface area contributed by atoms with Crippen LogP contribution in [0.4, 0.5) is 0 Å². The molecule has 3 rings (SSSR count). The van der Waals surface area contributed by atoms with Crippen molar-refractivity contribution >= 4 is 10.9 Å². The molecule has 0 amide bonds. The van der Waals surface area contributed by atoms with Crippen molar-refractivity contribution in [1.82, 2.24) is 10.4 Å². The molecule has 0 radical (unpaired) electrons. The number of hydrogen-bond acceptors (Lipinski definition) is 3. The molecule has 1 aromatic heterocycles. The highest BCUT2D eigenvalue weighted by Crippen LogP contribution is 2.41. The Bertz CT molecular complexity index is 591. The van der Waals surface area contributed by atoms with Gasteiger partial charge in [0.15, 0.2) is 0 Å². The minimum Gasteiger partial charge on any atom is -0.271 e. The third-order valence-electron chi connectivity index (χ3n) is 5.10. The molecule has 0 saturated heterocycles. The molecule has 2 aromatic rings. The summed E-state index contributed by atoms with van der Waals surface area (Å²) in [6.07, 6.45) is 8.38. The zero-order chi connectivity index (χ0) is 14.7. The van der Waals surface area contributed by atoms with Gasteiger partial charge in [0.2, 0.25) is 0 Å². The number of hydrogen-bond donors (Lipinski definition) is 2. The number of hydrazine groups is 1. The molecule has 1 fully saturated rings. The first-order valence-electron chi connectivity index (χ1n) is 8.15. The van der Waals surface area contributed by atoms with Gasteiger partial charge in [0.25, 0.3) is 0 Å². The molecule has 21 heavy (non-hydrogen) atoms. The van der Waals surface area contributed by atoms with Gasteiger partial charge in [0.05, 0.1) is 11.6 Å². The lowest BCUT2D eigenvalue weighted by Gasteiger charge is -2.37. The van der Waals surface area contributed by atoms with Crippen LogP contribution in [0.25, 0.3) is 10.9 Å². The molecule has 0 bridgehead atoms. The normalized spacial score (nSPS) is 24.1. The first-order chi connectivity index (χ1) is 10.3. The Morgan fingerprint density at radius 3 is 2.86 bits per heavy atom. The largest absolute Gasteiger partial charge is 0.271 e. The van der Waals surface area contributed by atoms with E-state index in [1.807, 2.05) is 12.3 Å². The highest BCUT2D eigenvalue weighted by molar-refractivity contribution is 5.82. The van der Waals surface area contributed by atoms with Crippen LogP contribution in [0.3, 0.4) is 0 Å². The third kappa shape index (κ3) is 2.81. The van der Waals surface area contributed by atoms with E-state index in [9.17, 15) is 0 Å². The summed E-state index contributed by atoms with van der Waals surface area (Å²) in [7, 11) is 0. The van der Waals surface area contributed by atoms with Gasteiger partial charge < -0.3 is 0 Å². The maximum atomic E-state index is 5.97. The zero-order valence-electron chi connectivity index (χ0n) is 12.8. The number of rotatable bonds is 4. The molecule has 0 aliphatic heterocycles. The number of aromatic nitrogens is 1. The summed E-state index contributed by atoms with van der Waals surface area (Å²) < 4.78 is 0. The molecule has 0 spiro atoms. The molecular formula is C18H25N3. The summed E-state index contributed by atoms with van der Waals surface area (Å²) in [5, 5.41) is 1.19. The van der Waals surface area contributed by atoms with Crippen molar-refractivity contribution in [1.29, 1.82) is 0 Å². The Morgan fingerprint density at radius 2 is 2.05 bits per heavy atom. The van der Waals surface area contributed by atoms with Crippen LogP contribution >= 0.6 is 0 Å². The number of benzene rings is 1. The van der Waals surface area contributed by atoms with E-state index >= 15 is 0 Å². The Morgan fingerprint density at radius 1 is 1.24 bits per heavy atom. The lowest BCUT2D eigenvalue weighted by molar-refractivity contribution is 0.176. The molecule has 1 aromatic carbocycles. The maximum Gasteiger partial charge on any atom is 0.0750 e. The number of nitrogens with zero attached hydrogens (tertiary/aromatic N) is 1. The van der Waals surface area contributed by atoms with Gasteiger partial charge in [0, 0.05) is 11.6 Å². The summed E-state index contributed by atoms with van der Waals surface area (Å²) in [5.41, 5.74) is 5.44. The maximum absolute atomic E-state index is 5.97. The van der Waals surface area contributed by atoms with Gasteiger partial charge >= 0.3 is 0 Å². The molecule has 3 atom stereocenters. The topological polar surface area (TPSA) is 50.9 Å². The average molecular weight is 283 g/mol. The summed E-state index contributed by atoms with van der Waals surface area (Å²) >= 11 is 0. The molecule has 1 heterocycles. The molecule has 3 nitrogen and oxygen atoms in total. The van der Waals surface area contributed by atoms with E-state index in [0.717, 1.165) is 11.4 Å². The van der Waals surface area contributed by atoms with Crippen molar-refractivity contribution in [3.8, 4) is 0 Å². The zero-order valence-corrected chi connectivity index (χ0v) is 12.8. The van der Waals surface area contributed by atoms with Crippen molar-refractivity contribution in [2.45, 2.75) is 45.1 Å². The monoisotopic (exact) mass is 283 g/mol. The number of para-hydroxylation sites is 1. The summed E-state index contributed by atoms with van der Waals surface area (Å²) in [6, 6.07) is 10.7. The fraction of sp³-hybridized carbons (Fsp3) is 0.500. The number of nitrogens with two attached hydrogens (primary N) is 1. The number of nitrogens with one attached hydrogen (secondary N) is 1. The Balaban J connectivity index is 2.01. The lowest BCUT2D eigenvalue weighted by atomic mass is 9.72. The van der Waals surface area contributed by atoms with Crippen LogP contribution in [0.15, 0.2) is 36.5 Å². The third-order valence-corrected chi connectivity index (χ3v) is 5.10. The molecular weight excluding hydrogens is 258 g/mol. The van der Waals surface area contributed by atoms with Gasteiger partial charge in [0.1, 0.15) is 0 Å². The molecule has 1 saturated carbocycles. The van der Waals surface area contributed by atoms with Crippen LogP contribution in [-0.2, 0) is 0 Å². The first kappa shape index (κ1) is 14.5. The van der Waals surface area contributed by atoms with Gasteiger partial charge in [-0.1, -0.05) is 56.9 Å².